The minimum absolute atomic E-state index is 0.572. The quantitative estimate of drug-likeness (QED) is 0.219. The van der Waals surface area contributed by atoms with Gasteiger partial charge in [0.05, 0.1) is 14.2 Å². The molecular formula is C30H24O4. The topological polar surface area (TPSA) is 52.6 Å². The van der Waals surface area contributed by atoms with Gasteiger partial charge in [-0.05, 0) is 46.2 Å². The Morgan fingerprint density at radius 3 is 1.71 bits per heavy atom. The first-order valence-corrected chi connectivity index (χ1v) is 10.8. The average Bonchev–Trinajstić information content (AvgIpc) is 2.90. The van der Waals surface area contributed by atoms with Crippen LogP contribution in [0.1, 0.15) is 43.0 Å². The van der Waals surface area contributed by atoms with E-state index in [0.717, 1.165) is 45.6 Å². The van der Waals surface area contributed by atoms with E-state index in [4.69, 9.17) is 9.47 Å². The molecule has 4 aromatic rings. The predicted octanol–water partition coefficient (Wildman–Crippen LogP) is 6.82. The monoisotopic (exact) mass is 448 g/mol. The van der Waals surface area contributed by atoms with Crippen molar-refractivity contribution in [1.29, 1.82) is 0 Å². The smallest absolute Gasteiger partial charge is 0.150 e. The van der Waals surface area contributed by atoms with Gasteiger partial charge in [-0.1, -0.05) is 72.8 Å². The summed E-state index contributed by atoms with van der Waals surface area (Å²) in [5, 5.41) is 2.25. The summed E-state index contributed by atoms with van der Waals surface area (Å²) in [4.78, 5) is 22.1. The maximum Gasteiger partial charge on any atom is 0.150 e. The molecule has 0 fully saturated rings. The molecule has 0 aromatic heterocycles. The van der Waals surface area contributed by atoms with E-state index in [-0.39, 0.29) is 0 Å². The maximum absolute atomic E-state index is 11.1. The molecule has 0 saturated carbocycles. The summed E-state index contributed by atoms with van der Waals surface area (Å²) in [7, 11) is 3.19. The largest absolute Gasteiger partial charge is 0.496 e. The SMILES string of the molecule is COc1cc(C=O)ccc1/C=C/c1cc(/C=C/c2ccc(C=O)cc2OC)c2ccccc2c1. The third-order valence-corrected chi connectivity index (χ3v) is 5.60. The first kappa shape index (κ1) is 22.7. The van der Waals surface area contributed by atoms with Crippen LogP contribution < -0.4 is 9.47 Å². The molecule has 4 heteroatoms. The maximum atomic E-state index is 11.1. The highest BCUT2D eigenvalue weighted by atomic mass is 16.5. The Bertz CT molecular complexity index is 1410. The highest BCUT2D eigenvalue weighted by Gasteiger charge is 2.05. The lowest BCUT2D eigenvalue weighted by atomic mass is 9.99. The van der Waals surface area contributed by atoms with Gasteiger partial charge in [-0.15, -0.1) is 0 Å². The van der Waals surface area contributed by atoms with Crippen LogP contribution in [-0.4, -0.2) is 26.8 Å². The van der Waals surface area contributed by atoms with E-state index in [1.54, 1.807) is 38.5 Å². The number of hydrogen-bond acceptors (Lipinski definition) is 4. The number of benzene rings is 4. The van der Waals surface area contributed by atoms with Crippen LogP contribution in [0.5, 0.6) is 11.5 Å². The van der Waals surface area contributed by atoms with Crippen LogP contribution in [0.25, 0.3) is 35.1 Å². The van der Waals surface area contributed by atoms with Gasteiger partial charge >= 0.3 is 0 Å². The number of rotatable bonds is 8. The second kappa shape index (κ2) is 10.5. The molecule has 0 heterocycles. The molecule has 0 N–H and O–H groups in total. The molecule has 0 amide bonds. The Morgan fingerprint density at radius 1 is 0.559 bits per heavy atom. The van der Waals surface area contributed by atoms with Gasteiger partial charge in [-0.3, -0.25) is 9.59 Å². The Balaban J connectivity index is 1.73. The number of carbonyl (C=O) groups is 2. The zero-order chi connectivity index (χ0) is 23.9. The summed E-state index contributed by atoms with van der Waals surface area (Å²) >= 11 is 0. The van der Waals surface area contributed by atoms with Crippen LogP contribution in [0.15, 0.2) is 72.8 Å². The van der Waals surface area contributed by atoms with Crippen LogP contribution >= 0.6 is 0 Å². The molecule has 0 saturated heterocycles. The second-order valence-electron chi connectivity index (χ2n) is 7.74. The summed E-state index contributed by atoms with van der Waals surface area (Å²) in [6, 6.07) is 23.2. The lowest BCUT2D eigenvalue weighted by molar-refractivity contribution is 0.111. The van der Waals surface area contributed by atoms with Crippen molar-refractivity contribution in [3.63, 3.8) is 0 Å². The van der Waals surface area contributed by atoms with Crippen LogP contribution in [0.2, 0.25) is 0 Å². The first-order valence-electron chi connectivity index (χ1n) is 10.8. The molecule has 0 unspecified atom stereocenters. The van der Waals surface area contributed by atoms with Gasteiger partial charge in [0.25, 0.3) is 0 Å². The molecule has 0 aliphatic heterocycles. The van der Waals surface area contributed by atoms with Gasteiger partial charge < -0.3 is 9.47 Å². The molecule has 4 rings (SSSR count). The van der Waals surface area contributed by atoms with E-state index < -0.39 is 0 Å². The molecule has 0 bridgehead atoms. The number of hydrogen-bond donors (Lipinski definition) is 0. The average molecular weight is 449 g/mol. The molecule has 0 aliphatic carbocycles. The predicted molar refractivity (Wildman–Crippen MR) is 139 cm³/mol. The zero-order valence-corrected chi connectivity index (χ0v) is 19.0. The third kappa shape index (κ3) is 4.97. The third-order valence-electron chi connectivity index (χ3n) is 5.60. The molecule has 4 aromatic carbocycles. The van der Waals surface area contributed by atoms with Crippen molar-refractivity contribution < 1.29 is 19.1 Å². The highest BCUT2D eigenvalue weighted by Crippen LogP contribution is 2.28. The van der Waals surface area contributed by atoms with Crippen molar-refractivity contribution in [3.8, 4) is 11.5 Å². The van der Waals surface area contributed by atoms with Crippen LogP contribution in [0, 0.1) is 0 Å². The zero-order valence-electron chi connectivity index (χ0n) is 19.0. The van der Waals surface area contributed by atoms with E-state index in [1.165, 1.54) is 0 Å². The Kier molecular flexibility index (Phi) is 6.99. The van der Waals surface area contributed by atoms with Gasteiger partial charge in [0.15, 0.2) is 0 Å². The summed E-state index contributed by atoms with van der Waals surface area (Å²) < 4.78 is 10.9. The first-order chi connectivity index (χ1) is 16.6. The molecule has 0 radical (unpaired) electrons. The standard InChI is InChI=1S/C30H24O4/c1-33-29-17-22(19-31)8-11-24(29)10-7-21-15-26-5-3-4-6-28(26)27(16-21)14-13-25-12-9-23(20-32)18-30(25)34-2/h3-20H,1-2H3/b10-7+,14-13+. The molecule has 0 spiro atoms. The molecule has 4 nitrogen and oxygen atoms in total. The normalized spacial score (nSPS) is 11.2. The van der Waals surface area contributed by atoms with Gasteiger partial charge in [0.2, 0.25) is 0 Å². The summed E-state index contributed by atoms with van der Waals surface area (Å²) in [5.74, 6) is 1.29. The fourth-order valence-electron chi connectivity index (χ4n) is 3.84. The molecule has 34 heavy (non-hydrogen) atoms. The Morgan fingerprint density at radius 2 is 1.12 bits per heavy atom. The molecule has 0 aliphatic rings. The fourth-order valence-corrected chi connectivity index (χ4v) is 3.84. The second-order valence-corrected chi connectivity index (χ2v) is 7.74. The van der Waals surface area contributed by atoms with Crippen molar-refractivity contribution in [2.45, 2.75) is 0 Å². The van der Waals surface area contributed by atoms with Crippen LogP contribution in [0.4, 0.5) is 0 Å². The van der Waals surface area contributed by atoms with Crippen LogP contribution in [-0.2, 0) is 0 Å². The van der Waals surface area contributed by atoms with Crippen molar-refractivity contribution in [1.82, 2.24) is 0 Å². The van der Waals surface area contributed by atoms with Crippen molar-refractivity contribution >= 4 is 47.6 Å². The van der Waals surface area contributed by atoms with E-state index in [0.29, 0.717) is 22.6 Å². The van der Waals surface area contributed by atoms with Gasteiger partial charge in [-0.2, -0.15) is 0 Å². The lowest BCUT2D eigenvalue weighted by Gasteiger charge is -2.08. The number of fused-ring (bicyclic) bond motifs is 1. The van der Waals surface area contributed by atoms with Gasteiger partial charge in [-0.25, -0.2) is 0 Å². The van der Waals surface area contributed by atoms with E-state index in [1.807, 2.05) is 42.5 Å². The molecular weight excluding hydrogens is 424 g/mol. The summed E-state index contributed by atoms with van der Waals surface area (Å²) in [6.45, 7) is 0. The number of carbonyl (C=O) groups excluding carboxylic acids is 2. The van der Waals surface area contributed by atoms with Gasteiger partial charge in [0, 0.05) is 22.3 Å². The highest BCUT2D eigenvalue weighted by molar-refractivity contribution is 5.95. The fraction of sp³-hybridized carbons (Fsp3) is 0.0667. The number of aldehydes is 2. The van der Waals surface area contributed by atoms with E-state index in [2.05, 4.69) is 30.3 Å². The Labute approximate surface area is 198 Å². The lowest BCUT2D eigenvalue weighted by Crippen LogP contribution is -1.90. The minimum atomic E-state index is 0.572. The van der Waals surface area contributed by atoms with E-state index >= 15 is 0 Å². The summed E-state index contributed by atoms with van der Waals surface area (Å²) in [6.07, 6.45) is 9.66. The Hall–Kier alpha value is -4.44. The molecule has 168 valence electrons. The number of ether oxygens (including phenoxy) is 2. The minimum Gasteiger partial charge on any atom is -0.496 e. The van der Waals surface area contributed by atoms with Crippen molar-refractivity contribution in [2.24, 2.45) is 0 Å². The van der Waals surface area contributed by atoms with Crippen LogP contribution in [0.3, 0.4) is 0 Å². The summed E-state index contributed by atoms with van der Waals surface area (Å²) in [5.41, 5.74) is 5.01. The van der Waals surface area contributed by atoms with E-state index in [9.17, 15) is 9.59 Å². The van der Waals surface area contributed by atoms with Crippen molar-refractivity contribution in [3.05, 3.63) is 106 Å². The molecule has 0 atom stereocenters. The van der Waals surface area contributed by atoms with Gasteiger partial charge in [0.1, 0.15) is 24.1 Å². The number of methoxy groups -OCH3 is 2. The van der Waals surface area contributed by atoms with Crippen molar-refractivity contribution in [2.75, 3.05) is 14.2 Å².